The van der Waals surface area contributed by atoms with Gasteiger partial charge in [0.1, 0.15) is 0 Å². The fourth-order valence-electron chi connectivity index (χ4n) is 2.04. The molecule has 0 radical (unpaired) electrons. The van der Waals surface area contributed by atoms with Gasteiger partial charge in [0, 0.05) is 11.4 Å². The number of aryl methyl sites for hydroxylation is 2. The summed E-state index contributed by atoms with van der Waals surface area (Å²) in [6.45, 7) is 7.70. The lowest BCUT2D eigenvalue weighted by molar-refractivity contribution is 0.262. The number of carbonyl (C=O) groups is 1. The summed E-state index contributed by atoms with van der Waals surface area (Å²) >= 11 is 0. The molecule has 3 nitrogen and oxygen atoms in total. The van der Waals surface area contributed by atoms with Crippen LogP contribution in [0.15, 0.2) is 49.0 Å². The van der Waals surface area contributed by atoms with E-state index in [-0.39, 0.29) is 6.03 Å². The molecule has 20 heavy (non-hydrogen) atoms. The van der Waals surface area contributed by atoms with E-state index in [1.807, 2.05) is 50.2 Å². The minimum Gasteiger partial charge on any atom is -0.308 e. The zero-order chi connectivity index (χ0) is 14.5. The van der Waals surface area contributed by atoms with E-state index >= 15 is 0 Å². The molecule has 0 aliphatic carbocycles. The third-order valence-electron chi connectivity index (χ3n) is 2.88. The first-order valence-electron chi connectivity index (χ1n) is 6.45. The van der Waals surface area contributed by atoms with Crippen LogP contribution in [-0.4, -0.2) is 6.03 Å². The number of hydrogen-bond donors (Lipinski definition) is 2. The normalized spacial score (nSPS) is 9.90. The van der Waals surface area contributed by atoms with Crippen LogP contribution in [0, 0.1) is 13.8 Å². The summed E-state index contributed by atoms with van der Waals surface area (Å²) in [5.74, 6) is 0. The Balaban J connectivity index is 2.02. The van der Waals surface area contributed by atoms with Gasteiger partial charge in [-0.15, -0.1) is 0 Å². The molecular weight excluding hydrogens is 248 g/mol. The van der Waals surface area contributed by atoms with Crippen LogP contribution in [0.2, 0.25) is 0 Å². The lowest BCUT2D eigenvalue weighted by atomic mass is 10.1. The number of nitrogens with one attached hydrogen (secondary N) is 2. The number of urea groups is 1. The Labute approximate surface area is 119 Å². The van der Waals surface area contributed by atoms with Crippen LogP contribution >= 0.6 is 0 Å². The summed E-state index contributed by atoms with van der Waals surface area (Å²) in [7, 11) is 0. The second kappa shape index (κ2) is 6.06. The predicted octanol–water partition coefficient (Wildman–Crippen LogP) is 4.59. The number of amides is 2. The van der Waals surface area contributed by atoms with E-state index in [0.717, 1.165) is 28.1 Å². The number of anilines is 2. The SMILES string of the molecule is C=Cc1ccc(NC(=O)Nc2cc(C)cc(C)c2)cc1. The van der Waals surface area contributed by atoms with Crippen molar-refractivity contribution in [1.29, 1.82) is 0 Å². The first-order chi connectivity index (χ1) is 9.56. The Kier molecular flexibility index (Phi) is 4.20. The molecule has 2 rings (SSSR count). The van der Waals surface area contributed by atoms with Gasteiger partial charge in [-0.2, -0.15) is 0 Å². The van der Waals surface area contributed by atoms with Crippen molar-refractivity contribution in [2.24, 2.45) is 0 Å². The topological polar surface area (TPSA) is 41.1 Å². The maximum atomic E-state index is 11.9. The summed E-state index contributed by atoms with van der Waals surface area (Å²) in [5.41, 5.74) is 4.80. The van der Waals surface area contributed by atoms with Gasteiger partial charge in [0.2, 0.25) is 0 Å². The Morgan fingerprint density at radius 2 is 1.50 bits per heavy atom. The molecule has 0 heterocycles. The maximum absolute atomic E-state index is 11.9. The average Bonchev–Trinajstić information content (AvgIpc) is 2.38. The van der Waals surface area contributed by atoms with Crippen molar-refractivity contribution < 1.29 is 4.79 Å². The minimum absolute atomic E-state index is 0.249. The smallest absolute Gasteiger partial charge is 0.308 e. The largest absolute Gasteiger partial charge is 0.323 e. The Morgan fingerprint density at radius 1 is 0.950 bits per heavy atom. The average molecular weight is 266 g/mol. The minimum atomic E-state index is -0.249. The van der Waals surface area contributed by atoms with Crippen LogP contribution in [-0.2, 0) is 0 Å². The third-order valence-corrected chi connectivity index (χ3v) is 2.88. The van der Waals surface area contributed by atoms with E-state index in [1.54, 1.807) is 6.08 Å². The number of hydrogen-bond acceptors (Lipinski definition) is 1. The van der Waals surface area contributed by atoms with Crippen LogP contribution in [0.1, 0.15) is 16.7 Å². The second-order valence-corrected chi connectivity index (χ2v) is 4.78. The first-order valence-corrected chi connectivity index (χ1v) is 6.45. The van der Waals surface area contributed by atoms with Gasteiger partial charge in [0.05, 0.1) is 0 Å². The molecule has 0 atom stereocenters. The summed E-state index contributed by atoms with van der Waals surface area (Å²) in [5, 5.41) is 5.63. The van der Waals surface area contributed by atoms with Crippen LogP contribution in [0.25, 0.3) is 6.08 Å². The highest BCUT2D eigenvalue weighted by Gasteiger charge is 2.03. The third kappa shape index (κ3) is 3.72. The van der Waals surface area contributed by atoms with Gasteiger partial charge in [0.25, 0.3) is 0 Å². The van der Waals surface area contributed by atoms with Gasteiger partial charge < -0.3 is 10.6 Å². The molecule has 0 bridgehead atoms. The zero-order valence-electron chi connectivity index (χ0n) is 11.7. The van der Waals surface area contributed by atoms with Crippen LogP contribution in [0.4, 0.5) is 16.2 Å². The van der Waals surface area contributed by atoms with Crippen molar-refractivity contribution in [2.45, 2.75) is 13.8 Å². The van der Waals surface area contributed by atoms with Gasteiger partial charge in [-0.1, -0.05) is 30.9 Å². The molecule has 102 valence electrons. The molecule has 0 fully saturated rings. The van der Waals surface area contributed by atoms with Gasteiger partial charge in [-0.3, -0.25) is 0 Å². The van der Waals surface area contributed by atoms with Crippen molar-refractivity contribution in [3.8, 4) is 0 Å². The predicted molar refractivity (Wildman–Crippen MR) is 85.1 cm³/mol. The summed E-state index contributed by atoms with van der Waals surface area (Å²) in [4.78, 5) is 11.9. The number of carbonyl (C=O) groups excluding carboxylic acids is 1. The zero-order valence-corrected chi connectivity index (χ0v) is 11.7. The molecule has 3 heteroatoms. The molecule has 0 saturated carbocycles. The molecule has 0 unspecified atom stereocenters. The Morgan fingerprint density at radius 3 is 2.05 bits per heavy atom. The molecule has 0 aromatic heterocycles. The summed E-state index contributed by atoms with van der Waals surface area (Å²) < 4.78 is 0. The highest BCUT2D eigenvalue weighted by atomic mass is 16.2. The van der Waals surface area contributed by atoms with E-state index in [9.17, 15) is 4.79 Å². The van der Waals surface area contributed by atoms with E-state index in [0.29, 0.717) is 0 Å². The Hall–Kier alpha value is -2.55. The van der Waals surface area contributed by atoms with Gasteiger partial charge in [0.15, 0.2) is 0 Å². The summed E-state index contributed by atoms with van der Waals surface area (Å²) in [6, 6.07) is 13.2. The molecule has 2 aromatic carbocycles. The van der Waals surface area contributed by atoms with Gasteiger partial charge >= 0.3 is 6.03 Å². The van der Waals surface area contributed by atoms with Crippen molar-refractivity contribution in [2.75, 3.05) is 10.6 Å². The van der Waals surface area contributed by atoms with E-state index in [2.05, 4.69) is 23.3 Å². The second-order valence-electron chi connectivity index (χ2n) is 4.78. The van der Waals surface area contributed by atoms with Crippen LogP contribution < -0.4 is 10.6 Å². The molecule has 0 spiro atoms. The van der Waals surface area contributed by atoms with E-state index in [1.165, 1.54) is 0 Å². The molecule has 2 amide bonds. The van der Waals surface area contributed by atoms with Crippen molar-refractivity contribution in [1.82, 2.24) is 0 Å². The maximum Gasteiger partial charge on any atom is 0.323 e. The van der Waals surface area contributed by atoms with Crippen LogP contribution in [0.5, 0.6) is 0 Å². The Bertz CT molecular complexity index is 610. The van der Waals surface area contributed by atoms with E-state index in [4.69, 9.17) is 0 Å². The fourth-order valence-corrected chi connectivity index (χ4v) is 2.04. The molecular formula is C17H18N2O. The standard InChI is InChI=1S/C17H18N2O/c1-4-14-5-7-15(8-6-14)18-17(20)19-16-10-12(2)9-13(3)11-16/h4-11H,1H2,2-3H3,(H2,18,19,20). The number of benzene rings is 2. The fraction of sp³-hybridized carbons (Fsp3) is 0.118. The quantitative estimate of drug-likeness (QED) is 0.838. The first kappa shape index (κ1) is 13.9. The van der Waals surface area contributed by atoms with Crippen LogP contribution in [0.3, 0.4) is 0 Å². The van der Waals surface area contributed by atoms with Gasteiger partial charge in [-0.05, 0) is 54.8 Å². The molecule has 0 aliphatic heterocycles. The lowest BCUT2D eigenvalue weighted by Crippen LogP contribution is -2.19. The molecule has 2 aromatic rings. The number of rotatable bonds is 3. The highest BCUT2D eigenvalue weighted by Crippen LogP contribution is 2.15. The monoisotopic (exact) mass is 266 g/mol. The van der Waals surface area contributed by atoms with Crippen molar-refractivity contribution >= 4 is 23.5 Å². The molecule has 0 aliphatic rings. The molecule has 2 N–H and O–H groups in total. The molecule has 0 saturated heterocycles. The lowest BCUT2D eigenvalue weighted by Gasteiger charge is -2.09. The van der Waals surface area contributed by atoms with Gasteiger partial charge in [-0.25, -0.2) is 4.79 Å². The van der Waals surface area contributed by atoms with E-state index < -0.39 is 0 Å². The van der Waals surface area contributed by atoms with Crippen molar-refractivity contribution in [3.05, 3.63) is 65.7 Å². The summed E-state index contributed by atoms with van der Waals surface area (Å²) in [6.07, 6.45) is 1.76. The van der Waals surface area contributed by atoms with Crippen molar-refractivity contribution in [3.63, 3.8) is 0 Å². The highest BCUT2D eigenvalue weighted by molar-refractivity contribution is 5.99.